The second kappa shape index (κ2) is 4.12. The van der Waals surface area contributed by atoms with Gasteiger partial charge in [0, 0.05) is 18.7 Å². The largest absolute Gasteiger partial charge is 0.481 e. The summed E-state index contributed by atoms with van der Waals surface area (Å²) in [4.78, 5) is 24.4. The third-order valence-corrected chi connectivity index (χ3v) is 3.87. The number of nitrogens with zero attached hydrogens (tertiary/aromatic N) is 1. The first-order valence-electron chi connectivity index (χ1n) is 6.30. The minimum Gasteiger partial charge on any atom is -0.481 e. The maximum atomic E-state index is 11.9. The molecule has 1 heterocycles. The van der Waals surface area contributed by atoms with Crippen LogP contribution in [0.2, 0.25) is 0 Å². The number of amides is 1. The normalized spacial score (nSPS) is 22.3. The lowest BCUT2D eigenvalue weighted by atomic mass is 10.1. The predicted octanol–water partition coefficient (Wildman–Crippen LogP) is 1.61. The van der Waals surface area contributed by atoms with Crippen molar-refractivity contribution in [3.63, 3.8) is 0 Å². The molecule has 0 bridgehead atoms. The molecule has 3 rings (SSSR count). The summed E-state index contributed by atoms with van der Waals surface area (Å²) in [7, 11) is 0. The number of benzene rings is 1. The lowest BCUT2D eigenvalue weighted by Gasteiger charge is -2.17. The van der Waals surface area contributed by atoms with Crippen molar-refractivity contribution in [1.82, 2.24) is 0 Å². The number of hydrogen-bond acceptors (Lipinski definition) is 2. The van der Waals surface area contributed by atoms with Crippen LogP contribution < -0.4 is 4.90 Å². The van der Waals surface area contributed by atoms with Crippen molar-refractivity contribution in [2.24, 2.45) is 5.92 Å². The molecule has 4 nitrogen and oxygen atoms in total. The van der Waals surface area contributed by atoms with Gasteiger partial charge in [-0.1, -0.05) is 6.07 Å². The molecule has 1 fully saturated rings. The molecule has 1 N–H and O–H groups in total. The Morgan fingerprint density at radius 2 is 2.06 bits per heavy atom. The van der Waals surface area contributed by atoms with Crippen LogP contribution in [0.15, 0.2) is 18.2 Å². The van der Waals surface area contributed by atoms with Gasteiger partial charge in [-0.2, -0.15) is 0 Å². The number of fused-ring (bicyclic) bond motifs is 1. The number of aryl methyl sites for hydroxylation is 2. The van der Waals surface area contributed by atoms with Crippen LogP contribution in [0.25, 0.3) is 0 Å². The summed E-state index contributed by atoms with van der Waals surface area (Å²) in [5.74, 6) is -1.53. The molecule has 0 saturated carbocycles. The Balaban J connectivity index is 1.87. The van der Waals surface area contributed by atoms with Crippen LogP contribution in [0, 0.1) is 5.92 Å². The van der Waals surface area contributed by atoms with Gasteiger partial charge >= 0.3 is 5.97 Å². The average molecular weight is 245 g/mol. The van der Waals surface area contributed by atoms with Gasteiger partial charge in [0.25, 0.3) is 0 Å². The van der Waals surface area contributed by atoms with E-state index in [4.69, 9.17) is 5.11 Å². The molecular weight excluding hydrogens is 230 g/mol. The van der Waals surface area contributed by atoms with Crippen molar-refractivity contribution in [1.29, 1.82) is 0 Å². The maximum absolute atomic E-state index is 11.9. The monoisotopic (exact) mass is 245 g/mol. The van der Waals surface area contributed by atoms with Gasteiger partial charge in [0.15, 0.2) is 0 Å². The van der Waals surface area contributed by atoms with Gasteiger partial charge < -0.3 is 10.0 Å². The fourth-order valence-electron chi connectivity index (χ4n) is 2.85. The molecule has 1 saturated heterocycles. The van der Waals surface area contributed by atoms with Gasteiger partial charge in [0.1, 0.15) is 0 Å². The number of aliphatic carboxylic acids is 1. The summed E-state index contributed by atoms with van der Waals surface area (Å²) < 4.78 is 0. The van der Waals surface area contributed by atoms with Gasteiger partial charge in [-0.3, -0.25) is 9.59 Å². The van der Waals surface area contributed by atoms with Gasteiger partial charge in [0.05, 0.1) is 5.92 Å². The molecule has 1 atom stereocenters. The molecule has 2 aliphatic rings. The zero-order chi connectivity index (χ0) is 12.7. The van der Waals surface area contributed by atoms with Gasteiger partial charge in [-0.25, -0.2) is 0 Å². The Labute approximate surface area is 105 Å². The van der Waals surface area contributed by atoms with E-state index in [1.807, 2.05) is 12.1 Å². The van der Waals surface area contributed by atoms with Crippen molar-refractivity contribution in [2.75, 3.05) is 11.4 Å². The molecule has 1 aliphatic carbocycles. The van der Waals surface area contributed by atoms with Crippen molar-refractivity contribution < 1.29 is 14.7 Å². The first kappa shape index (κ1) is 11.3. The topological polar surface area (TPSA) is 57.6 Å². The quantitative estimate of drug-likeness (QED) is 0.861. The van der Waals surface area contributed by atoms with Crippen LogP contribution in [0.1, 0.15) is 24.0 Å². The Bertz CT molecular complexity index is 524. The van der Waals surface area contributed by atoms with Gasteiger partial charge in [-0.05, 0) is 42.5 Å². The molecule has 0 aromatic heterocycles. The van der Waals surface area contributed by atoms with Crippen LogP contribution in [0.4, 0.5) is 5.69 Å². The predicted molar refractivity (Wildman–Crippen MR) is 66.6 cm³/mol. The number of carbonyl (C=O) groups is 2. The highest BCUT2D eigenvalue weighted by atomic mass is 16.4. The molecule has 1 amide bonds. The van der Waals surface area contributed by atoms with Crippen LogP contribution >= 0.6 is 0 Å². The number of carboxylic acids is 1. The number of carbonyl (C=O) groups excluding carboxylic acids is 1. The number of hydrogen-bond donors (Lipinski definition) is 1. The molecule has 94 valence electrons. The maximum Gasteiger partial charge on any atom is 0.308 e. The second-order valence-corrected chi connectivity index (χ2v) is 5.05. The van der Waals surface area contributed by atoms with Crippen LogP contribution in [0.3, 0.4) is 0 Å². The van der Waals surface area contributed by atoms with E-state index in [0.717, 1.165) is 18.5 Å². The highest BCUT2D eigenvalue weighted by molar-refractivity contribution is 5.99. The van der Waals surface area contributed by atoms with E-state index in [0.29, 0.717) is 6.54 Å². The fraction of sp³-hybridized carbons (Fsp3) is 0.429. The summed E-state index contributed by atoms with van der Waals surface area (Å²) in [5, 5.41) is 8.97. The minimum atomic E-state index is -0.882. The van der Waals surface area contributed by atoms with E-state index in [9.17, 15) is 9.59 Å². The summed E-state index contributed by atoms with van der Waals surface area (Å²) in [6.07, 6.45) is 3.46. The lowest BCUT2D eigenvalue weighted by Crippen LogP contribution is -2.25. The third-order valence-electron chi connectivity index (χ3n) is 3.87. The summed E-state index contributed by atoms with van der Waals surface area (Å²) in [6.45, 7) is 0.299. The smallest absolute Gasteiger partial charge is 0.308 e. The highest BCUT2D eigenvalue weighted by Crippen LogP contribution is 2.30. The first-order valence-corrected chi connectivity index (χ1v) is 6.30. The fourth-order valence-corrected chi connectivity index (χ4v) is 2.85. The first-order chi connectivity index (χ1) is 8.65. The number of rotatable bonds is 2. The van der Waals surface area contributed by atoms with Crippen LogP contribution in [-0.4, -0.2) is 23.5 Å². The molecular formula is C14H15NO3. The third kappa shape index (κ3) is 1.78. The molecule has 1 aliphatic heterocycles. The van der Waals surface area contributed by atoms with Gasteiger partial charge in [-0.15, -0.1) is 0 Å². The molecule has 0 unspecified atom stereocenters. The molecule has 1 aromatic carbocycles. The Kier molecular flexibility index (Phi) is 2.58. The second-order valence-electron chi connectivity index (χ2n) is 5.05. The summed E-state index contributed by atoms with van der Waals surface area (Å²) in [5.41, 5.74) is 3.52. The Morgan fingerprint density at radius 3 is 2.78 bits per heavy atom. The molecule has 1 aromatic rings. The average Bonchev–Trinajstić information content (AvgIpc) is 2.93. The van der Waals surface area contributed by atoms with Crippen molar-refractivity contribution in [2.45, 2.75) is 25.7 Å². The SMILES string of the molecule is O=C(O)[C@H]1CC(=O)N(c2ccc3c(c2)CCC3)C1. The standard InChI is InChI=1S/C14H15NO3/c16-13-7-11(14(17)18)8-15(13)12-5-4-9-2-1-3-10(9)6-12/h4-6,11H,1-3,7-8H2,(H,17,18)/t11-/m0/s1. The summed E-state index contributed by atoms with van der Waals surface area (Å²) >= 11 is 0. The minimum absolute atomic E-state index is 0.0830. The molecule has 0 spiro atoms. The van der Waals surface area contributed by atoms with Gasteiger partial charge in [0.2, 0.25) is 5.91 Å². The van der Waals surface area contributed by atoms with E-state index in [-0.39, 0.29) is 12.3 Å². The highest BCUT2D eigenvalue weighted by Gasteiger charge is 2.35. The number of anilines is 1. The van der Waals surface area contributed by atoms with Crippen molar-refractivity contribution in [3.05, 3.63) is 29.3 Å². The molecule has 0 radical (unpaired) electrons. The number of carboxylic acid groups (broad SMARTS) is 1. The molecule has 4 heteroatoms. The van der Waals surface area contributed by atoms with Crippen LogP contribution in [0.5, 0.6) is 0 Å². The van der Waals surface area contributed by atoms with Crippen molar-refractivity contribution >= 4 is 17.6 Å². The lowest BCUT2D eigenvalue weighted by molar-refractivity contribution is -0.141. The van der Waals surface area contributed by atoms with Crippen LogP contribution in [-0.2, 0) is 22.4 Å². The zero-order valence-electron chi connectivity index (χ0n) is 10.1. The molecule has 18 heavy (non-hydrogen) atoms. The summed E-state index contributed by atoms with van der Waals surface area (Å²) in [6, 6.07) is 6.05. The van der Waals surface area contributed by atoms with E-state index in [2.05, 4.69) is 6.07 Å². The van der Waals surface area contributed by atoms with Crippen molar-refractivity contribution in [3.8, 4) is 0 Å². The van der Waals surface area contributed by atoms with E-state index < -0.39 is 11.9 Å². The Morgan fingerprint density at radius 1 is 1.28 bits per heavy atom. The van der Waals surface area contributed by atoms with E-state index >= 15 is 0 Å². The zero-order valence-corrected chi connectivity index (χ0v) is 10.1. The van der Waals surface area contributed by atoms with E-state index in [1.165, 1.54) is 17.5 Å². The van der Waals surface area contributed by atoms with E-state index in [1.54, 1.807) is 4.90 Å². The Hall–Kier alpha value is -1.84.